The van der Waals surface area contributed by atoms with Crippen molar-refractivity contribution in [2.24, 2.45) is 11.3 Å². The molecule has 0 amide bonds. The molecule has 3 fully saturated rings. The summed E-state index contributed by atoms with van der Waals surface area (Å²) in [7, 11) is 0. The molecule has 1 heterocycles. The van der Waals surface area contributed by atoms with E-state index in [0.29, 0.717) is 11.5 Å². The molecule has 1 aliphatic heterocycles. The first-order chi connectivity index (χ1) is 7.49. The molecule has 0 aromatic rings. The minimum atomic E-state index is -0.295. The molecule has 0 aromatic carbocycles. The zero-order valence-electron chi connectivity index (χ0n) is 9.84. The van der Waals surface area contributed by atoms with E-state index in [1.807, 2.05) is 0 Å². The van der Waals surface area contributed by atoms with Crippen molar-refractivity contribution >= 4 is 5.97 Å². The first-order valence-electron chi connectivity index (χ1n) is 6.09. The second-order valence-corrected chi connectivity index (χ2v) is 5.81. The van der Waals surface area contributed by atoms with Crippen molar-refractivity contribution in [3.05, 3.63) is 24.3 Å². The second-order valence-electron chi connectivity index (χ2n) is 5.81. The van der Waals surface area contributed by atoms with Gasteiger partial charge in [-0.3, -0.25) is 0 Å². The summed E-state index contributed by atoms with van der Waals surface area (Å²) in [6.45, 7) is 10.2. The van der Waals surface area contributed by atoms with Crippen LogP contribution >= 0.6 is 0 Å². The van der Waals surface area contributed by atoms with E-state index in [-0.39, 0.29) is 17.0 Å². The van der Waals surface area contributed by atoms with Crippen LogP contribution in [-0.2, 0) is 9.53 Å². The van der Waals surface area contributed by atoms with Crippen molar-refractivity contribution < 1.29 is 9.53 Å². The summed E-state index contributed by atoms with van der Waals surface area (Å²) in [4.78, 5) is 11.8. The smallest absolute Gasteiger partial charge is 0.334 e. The molecule has 2 aliphatic carbocycles. The Labute approximate surface area is 96.4 Å². The van der Waals surface area contributed by atoms with Crippen LogP contribution in [0.1, 0.15) is 39.0 Å². The lowest BCUT2D eigenvalue weighted by Gasteiger charge is -2.46. The van der Waals surface area contributed by atoms with Crippen LogP contribution < -0.4 is 0 Å². The van der Waals surface area contributed by atoms with Crippen LogP contribution in [-0.4, -0.2) is 11.6 Å². The molecule has 3 rings (SSSR count). The van der Waals surface area contributed by atoms with E-state index in [1.165, 1.54) is 12.0 Å². The van der Waals surface area contributed by atoms with Gasteiger partial charge in [0.25, 0.3) is 0 Å². The van der Waals surface area contributed by atoms with Crippen LogP contribution in [0.3, 0.4) is 0 Å². The average molecular weight is 218 g/mol. The predicted molar refractivity (Wildman–Crippen MR) is 61.8 cm³/mol. The fraction of sp³-hybridized carbons (Fsp3) is 0.643. The van der Waals surface area contributed by atoms with Crippen LogP contribution in [0.2, 0.25) is 0 Å². The monoisotopic (exact) mass is 218 g/mol. The van der Waals surface area contributed by atoms with Crippen LogP contribution in [0.5, 0.6) is 0 Å². The minimum Gasteiger partial charge on any atom is -0.454 e. The normalized spacial score (nSPS) is 46.6. The van der Waals surface area contributed by atoms with Gasteiger partial charge in [0.05, 0.1) is 0 Å². The van der Waals surface area contributed by atoms with Crippen LogP contribution in [0.15, 0.2) is 24.3 Å². The Balaban J connectivity index is 2.14. The van der Waals surface area contributed by atoms with E-state index < -0.39 is 0 Å². The zero-order chi connectivity index (χ0) is 11.6. The lowest BCUT2D eigenvalue weighted by molar-refractivity contribution is -0.159. The number of carbonyl (C=O) groups excluding carboxylic acids is 1. The van der Waals surface area contributed by atoms with Gasteiger partial charge in [0.2, 0.25) is 0 Å². The van der Waals surface area contributed by atoms with Crippen molar-refractivity contribution in [3.63, 3.8) is 0 Å². The quantitative estimate of drug-likeness (QED) is 0.355. The molecule has 3 unspecified atom stereocenters. The molecule has 2 nitrogen and oxygen atoms in total. The van der Waals surface area contributed by atoms with E-state index in [4.69, 9.17) is 4.74 Å². The predicted octanol–water partition coefficient (Wildman–Crippen LogP) is 2.99. The Hall–Kier alpha value is -1.05. The fourth-order valence-electron chi connectivity index (χ4n) is 4.09. The number of hydrogen-bond acceptors (Lipinski definition) is 2. The molecule has 0 aromatic heterocycles. The van der Waals surface area contributed by atoms with Crippen molar-refractivity contribution in [2.45, 2.75) is 44.6 Å². The molecule has 1 spiro atoms. The van der Waals surface area contributed by atoms with Crippen molar-refractivity contribution in [3.8, 4) is 0 Å². The third-order valence-electron chi connectivity index (χ3n) is 5.06. The summed E-state index contributed by atoms with van der Waals surface area (Å²) in [5, 5.41) is 0. The van der Waals surface area contributed by atoms with Crippen molar-refractivity contribution in [1.29, 1.82) is 0 Å². The van der Waals surface area contributed by atoms with Gasteiger partial charge < -0.3 is 4.74 Å². The minimum absolute atomic E-state index is 0.146. The standard InChI is InChI=1S/C14H18O2/c1-9-7-11-5-4-6-13(3)10(2)12(15)16-14(11,13)8-9/h11H,1-2,4-8H2,3H3. The van der Waals surface area contributed by atoms with Gasteiger partial charge in [-0.25, -0.2) is 4.79 Å². The van der Waals surface area contributed by atoms with Gasteiger partial charge >= 0.3 is 5.97 Å². The topological polar surface area (TPSA) is 26.3 Å². The highest BCUT2D eigenvalue weighted by Gasteiger charge is 2.66. The van der Waals surface area contributed by atoms with Gasteiger partial charge in [-0.2, -0.15) is 0 Å². The van der Waals surface area contributed by atoms with Gasteiger partial charge in [-0.05, 0) is 19.3 Å². The number of rotatable bonds is 0. The molecule has 3 atom stereocenters. The maximum atomic E-state index is 11.8. The number of hydrogen-bond donors (Lipinski definition) is 0. The average Bonchev–Trinajstić information content (AvgIpc) is 2.63. The Morgan fingerprint density at radius 1 is 1.44 bits per heavy atom. The Kier molecular flexibility index (Phi) is 1.77. The molecule has 0 radical (unpaired) electrons. The van der Waals surface area contributed by atoms with Gasteiger partial charge in [-0.15, -0.1) is 0 Å². The third-order valence-corrected chi connectivity index (χ3v) is 5.06. The SMILES string of the molecule is C=C1CC2CCCC3(C)C(=C)C(=O)OC23C1. The van der Waals surface area contributed by atoms with Crippen LogP contribution in [0.25, 0.3) is 0 Å². The van der Waals surface area contributed by atoms with E-state index in [2.05, 4.69) is 20.1 Å². The Bertz CT molecular complexity index is 409. The zero-order valence-corrected chi connectivity index (χ0v) is 9.84. The largest absolute Gasteiger partial charge is 0.454 e. The lowest BCUT2D eigenvalue weighted by Crippen LogP contribution is -2.49. The Morgan fingerprint density at radius 3 is 2.94 bits per heavy atom. The molecule has 86 valence electrons. The van der Waals surface area contributed by atoms with Gasteiger partial charge in [-0.1, -0.05) is 32.1 Å². The maximum absolute atomic E-state index is 11.8. The first kappa shape index (κ1) is 10.1. The third kappa shape index (κ3) is 0.915. The Morgan fingerprint density at radius 2 is 2.19 bits per heavy atom. The molecule has 0 bridgehead atoms. The maximum Gasteiger partial charge on any atom is 0.334 e. The van der Waals surface area contributed by atoms with E-state index >= 15 is 0 Å². The van der Waals surface area contributed by atoms with E-state index in [1.54, 1.807) is 0 Å². The molecule has 2 saturated carbocycles. The number of ether oxygens (including phenoxy) is 1. The molecular weight excluding hydrogens is 200 g/mol. The van der Waals surface area contributed by atoms with Crippen LogP contribution in [0, 0.1) is 11.3 Å². The molecule has 3 aliphatic rings. The number of esters is 1. The van der Waals surface area contributed by atoms with Crippen molar-refractivity contribution in [1.82, 2.24) is 0 Å². The van der Waals surface area contributed by atoms with Gasteiger partial charge in [0, 0.05) is 23.3 Å². The summed E-state index contributed by atoms with van der Waals surface area (Å²) in [5.41, 5.74) is 1.48. The van der Waals surface area contributed by atoms with Crippen molar-refractivity contribution in [2.75, 3.05) is 0 Å². The summed E-state index contributed by atoms with van der Waals surface area (Å²) in [6.07, 6.45) is 5.23. The van der Waals surface area contributed by atoms with E-state index in [9.17, 15) is 4.79 Å². The molecule has 0 N–H and O–H groups in total. The fourth-order valence-corrected chi connectivity index (χ4v) is 4.09. The van der Waals surface area contributed by atoms with Gasteiger partial charge in [0.1, 0.15) is 5.60 Å². The highest BCUT2D eigenvalue weighted by atomic mass is 16.6. The highest BCUT2D eigenvalue weighted by molar-refractivity contribution is 5.93. The summed E-state index contributed by atoms with van der Waals surface area (Å²) >= 11 is 0. The van der Waals surface area contributed by atoms with E-state index in [0.717, 1.165) is 25.7 Å². The first-order valence-corrected chi connectivity index (χ1v) is 6.09. The molecular formula is C14H18O2. The van der Waals surface area contributed by atoms with Gasteiger partial charge in [0.15, 0.2) is 0 Å². The summed E-state index contributed by atoms with van der Waals surface area (Å²) in [6, 6.07) is 0. The molecule has 2 heteroatoms. The summed E-state index contributed by atoms with van der Waals surface area (Å²) < 4.78 is 5.76. The second kappa shape index (κ2) is 2.79. The number of carbonyl (C=O) groups is 1. The summed E-state index contributed by atoms with van der Waals surface area (Å²) in [5.74, 6) is 0.297. The molecule has 1 saturated heterocycles. The lowest BCUT2D eigenvalue weighted by atomic mass is 9.59. The molecule has 16 heavy (non-hydrogen) atoms. The highest BCUT2D eigenvalue weighted by Crippen LogP contribution is 2.64. The van der Waals surface area contributed by atoms with Crippen LogP contribution in [0.4, 0.5) is 0 Å².